The first-order valence-corrected chi connectivity index (χ1v) is 9.96. The van der Waals surface area contributed by atoms with Gasteiger partial charge in [0, 0.05) is 49.4 Å². The molecule has 1 saturated heterocycles. The molecule has 2 aromatic carbocycles. The molecule has 6 heteroatoms. The number of benzene rings is 2. The van der Waals surface area contributed by atoms with Crippen LogP contribution in [0.2, 0.25) is 0 Å². The van der Waals surface area contributed by atoms with E-state index < -0.39 is 0 Å². The first-order chi connectivity index (χ1) is 14.6. The Kier molecular flexibility index (Phi) is 5.62. The number of aromatic nitrogens is 1. The first kappa shape index (κ1) is 19.5. The summed E-state index contributed by atoms with van der Waals surface area (Å²) < 4.78 is 0. The van der Waals surface area contributed by atoms with Gasteiger partial charge in [-0.15, -0.1) is 0 Å². The molecular formula is C24H23N5O. The van der Waals surface area contributed by atoms with Crippen molar-refractivity contribution in [2.75, 3.05) is 41.3 Å². The number of carbonyl (C=O) groups excluding carboxylic acids is 1. The third-order valence-corrected chi connectivity index (χ3v) is 5.24. The summed E-state index contributed by atoms with van der Waals surface area (Å²) in [5.74, 6) is -0.287. The van der Waals surface area contributed by atoms with Gasteiger partial charge in [0.25, 0.3) is 5.91 Å². The van der Waals surface area contributed by atoms with Gasteiger partial charge in [-0.25, -0.2) is 0 Å². The highest BCUT2D eigenvalue weighted by atomic mass is 16.1. The fraction of sp³-hybridized carbons (Fsp3) is 0.208. The number of carbonyl (C=O) groups is 1. The number of nitrogens with zero attached hydrogens (tertiary/aromatic N) is 4. The van der Waals surface area contributed by atoms with E-state index in [0.717, 1.165) is 31.9 Å². The lowest BCUT2D eigenvalue weighted by Gasteiger charge is -2.37. The van der Waals surface area contributed by atoms with E-state index in [1.807, 2.05) is 12.1 Å². The molecule has 1 amide bonds. The number of piperazine rings is 1. The van der Waals surface area contributed by atoms with E-state index >= 15 is 0 Å². The van der Waals surface area contributed by atoms with Gasteiger partial charge in [-0.1, -0.05) is 18.2 Å². The Morgan fingerprint density at radius 3 is 2.37 bits per heavy atom. The van der Waals surface area contributed by atoms with Crippen molar-refractivity contribution < 1.29 is 4.79 Å². The Morgan fingerprint density at radius 2 is 1.67 bits per heavy atom. The average molecular weight is 397 g/mol. The average Bonchev–Trinajstić information content (AvgIpc) is 2.79. The SMILES string of the molecule is Cc1cccc(N2CCN(c3ccnc(C(=O)Nc4cccc(C#N)c4)c3)CC2)c1. The molecule has 2 heterocycles. The highest BCUT2D eigenvalue weighted by Gasteiger charge is 2.19. The minimum atomic E-state index is -0.287. The monoisotopic (exact) mass is 397 g/mol. The van der Waals surface area contributed by atoms with Gasteiger partial charge in [-0.2, -0.15) is 5.26 Å². The third-order valence-electron chi connectivity index (χ3n) is 5.24. The second-order valence-corrected chi connectivity index (χ2v) is 7.36. The van der Waals surface area contributed by atoms with Crippen LogP contribution in [0, 0.1) is 18.3 Å². The van der Waals surface area contributed by atoms with Crippen molar-refractivity contribution in [1.82, 2.24) is 4.98 Å². The van der Waals surface area contributed by atoms with E-state index in [-0.39, 0.29) is 5.91 Å². The summed E-state index contributed by atoms with van der Waals surface area (Å²) in [5, 5.41) is 11.8. The smallest absolute Gasteiger partial charge is 0.274 e. The van der Waals surface area contributed by atoms with Crippen LogP contribution in [0.1, 0.15) is 21.6 Å². The molecule has 0 spiro atoms. The number of rotatable bonds is 4. The quantitative estimate of drug-likeness (QED) is 0.724. The predicted molar refractivity (Wildman–Crippen MR) is 119 cm³/mol. The van der Waals surface area contributed by atoms with E-state index in [4.69, 9.17) is 5.26 Å². The van der Waals surface area contributed by atoms with Crippen molar-refractivity contribution in [3.05, 3.63) is 83.7 Å². The van der Waals surface area contributed by atoms with Crippen molar-refractivity contribution in [3.8, 4) is 6.07 Å². The van der Waals surface area contributed by atoms with Crippen LogP contribution in [0.3, 0.4) is 0 Å². The van der Waals surface area contributed by atoms with Gasteiger partial charge in [0.2, 0.25) is 0 Å². The molecule has 0 atom stereocenters. The molecule has 1 fully saturated rings. The van der Waals surface area contributed by atoms with Crippen LogP contribution in [0.15, 0.2) is 66.9 Å². The maximum absolute atomic E-state index is 12.6. The van der Waals surface area contributed by atoms with E-state index in [1.54, 1.807) is 30.5 Å². The summed E-state index contributed by atoms with van der Waals surface area (Å²) in [6, 6.07) is 21.3. The normalized spacial score (nSPS) is 13.6. The standard InChI is InChI=1S/C24H23N5O/c1-18-4-2-7-21(14-18)28-10-12-29(13-11-28)22-8-9-26-23(16-22)24(30)27-20-6-3-5-19(15-20)17-25/h2-9,14-16H,10-13H2,1H3,(H,27,30). The molecule has 30 heavy (non-hydrogen) atoms. The summed E-state index contributed by atoms with van der Waals surface area (Å²) in [4.78, 5) is 21.5. The highest BCUT2D eigenvalue weighted by molar-refractivity contribution is 6.03. The van der Waals surface area contributed by atoms with Crippen LogP contribution in [0.4, 0.5) is 17.1 Å². The fourth-order valence-corrected chi connectivity index (χ4v) is 3.65. The van der Waals surface area contributed by atoms with Gasteiger partial charge in [0.05, 0.1) is 11.6 Å². The molecule has 0 saturated carbocycles. The number of hydrogen-bond acceptors (Lipinski definition) is 5. The van der Waals surface area contributed by atoms with Gasteiger partial charge >= 0.3 is 0 Å². The fourth-order valence-electron chi connectivity index (χ4n) is 3.65. The lowest BCUT2D eigenvalue weighted by atomic mass is 10.2. The minimum absolute atomic E-state index is 0.287. The second kappa shape index (κ2) is 8.66. The largest absolute Gasteiger partial charge is 0.368 e. The molecular weight excluding hydrogens is 374 g/mol. The van der Waals surface area contributed by atoms with Crippen LogP contribution < -0.4 is 15.1 Å². The molecule has 0 radical (unpaired) electrons. The number of pyridine rings is 1. The number of nitrogens with one attached hydrogen (secondary N) is 1. The maximum atomic E-state index is 12.6. The summed E-state index contributed by atoms with van der Waals surface area (Å²) in [5.41, 5.74) is 4.95. The van der Waals surface area contributed by atoms with Crippen LogP contribution >= 0.6 is 0 Å². The number of nitriles is 1. The molecule has 0 aliphatic carbocycles. The van der Waals surface area contributed by atoms with Crippen LogP contribution in [0.5, 0.6) is 0 Å². The molecule has 1 aliphatic rings. The third kappa shape index (κ3) is 4.41. The van der Waals surface area contributed by atoms with E-state index in [1.165, 1.54) is 11.3 Å². The van der Waals surface area contributed by atoms with Crippen molar-refractivity contribution in [3.63, 3.8) is 0 Å². The maximum Gasteiger partial charge on any atom is 0.274 e. The Morgan fingerprint density at radius 1 is 0.967 bits per heavy atom. The molecule has 1 aromatic heterocycles. The van der Waals surface area contributed by atoms with E-state index in [0.29, 0.717) is 16.9 Å². The second-order valence-electron chi connectivity index (χ2n) is 7.36. The van der Waals surface area contributed by atoms with Crippen molar-refractivity contribution >= 4 is 23.0 Å². The summed E-state index contributed by atoms with van der Waals surface area (Å²) in [6.07, 6.45) is 1.67. The zero-order valence-corrected chi connectivity index (χ0v) is 16.9. The van der Waals surface area contributed by atoms with Crippen LogP contribution in [-0.2, 0) is 0 Å². The van der Waals surface area contributed by atoms with Gasteiger partial charge in [0.1, 0.15) is 5.69 Å². The number of hydrogen-bond donors (Lipinski definition) is 1. The summed E-state index contributed by atoms with van der Waals surface area (Å²) >= 11 is 0. The molecule has 1 aliphatic heterocycles. The lowest BCUT2D eigenvalue weighted by Crippen LogP contribution is -2.46. The molecule has 3 aromatic rings. The summed E-state index contributed by atoms with van der Waals surface area (Å²) in [7, 11) is 0. The zero-order valence-electron chi connectivity index (χ0n) is 16.9. The minimum Gasteiger partial charge on any atom is -0.368 e. The van der Waals surface area contributed by atoms with Crippen molar-refractivity contribution in [1.29, 1.82) is 5.26 Å². The molecule has 0 bridgehead atoms. The topological polar surface area (TPSA) is 72.3 Å². The van der Waals surface area contributed by atoms with Gasteiger partial charge in [0.15, 0.2) is 0 Å². The van der Waals surface area contributed by atoms with Gasteiger partial charge in [-0.3, -0.25) is 9.78 Å². The predicted octanol–water partition coefficient (Wildman–Crippen LogP) is 3.84. The molecule has 4 rings (SSSR count). The van der Waals surface area contributed by atoms with Crippen LogP contribution in [0.25, 0.3) is 0 Å². The van der Waals surface area contributed by atoms with Gasteiger partial charge < -0.3 is 15.1 Å². The Balaban J connectivity index is 1.42. The number of amides is 1. The lowest BCUT2D eigenvalue weighted by molar-refractivity contribution is 0.102. The van der Waals surface area contributed by atoms with Gasteiger partial charge in [-0.05, 0) is 55.0 Å². The molecule has 0 unspecified atom stereocenters. The number of anilines is 3. The van der Waals surface area contributed by atoms with Crippen molar-refractivity contribution in [2.45, 2.75) is 6.92 Å². The Bertz CT molecular complexity index is 1100. The number of aryl methyl sites for hydroxylation is 1. The zero-order chi connectivity index (χ0) is 20.9. The summed E-state index contributed by atoms with van der Waals surface area (Å²) in [6.45, 7) is 5.72. The molecule has 1 N–H and O–H groups in total. The highest BCUT2D eigenvalue weighted by Crippen LogP contribution is 2.22. The van der Waals surface area contributed by atoms with E-state index in [2.05, 4.69) is 57.4 Å². The molecule has 150 valence electrons. The van der Waals surface area contributed by atoms with E-state index in [9.17, 15) is 4.79 Å². The molecule has 6 nitrogen and oxygen atoms in total. The van der Waals surface area contributed by atoms with Crippen molar-refractivity contribution in [2.24, 2.45) is 0 Å². The Labute approximate surface area is 176 Å². The van der Waals surface area contributed by atoms with Crippen LogP contribution in [-0.4, -0.2) is 37.1 Å². The Hall–Kier alpha value is -3.85. The first-order valence-electron chi connectivity index (χ1n) is 9.96.